The molecule has 0 unspecified atom stereocenters. The summed E-state index contributed by atoms with van der Waals surface area (Å²) in [6, 6.07) is 18.1. The van der Waals surface area contributed by atoms with E-state index in [0.717, 1.165) is 60.1 Å². The molecule has 0 aliphatic carbocycles. The van der Waals surface area contributed by atoms with E-state index in [9.17, 15) is 0 Å². The predicted molar refractivity (Wildman–Crippen MR) is 133 cm³/mol. The molecule has 3 aromatic heterocycles. The van der Waals surface area contributed by atoms with Crippen LogP contribution < -0.4 is 9.80 Å². The molecule has 5 aromatic rings. The Labute approximate surface area is 196 Å². The van der Waals surface area contributed by atoms with Crippen LogP contribution in [0.5, 0.6) is 0 Å². The van der Waals surface area contributed by atoms with Crippen molar-refractivity contribution in [3.63, 3.8) is 0 Å². The summed E-state index contributed by atoms with van der Waals surface area (Å²) in [6.45, 7) is 5.60. The number of hydrogen-bond acceptors (Lipinski definition) is 6. The van der Waals surface area contributed by atoms with Gasteiger partial charge in [0.2, 0.25) is 0 Å². The second kappa shape index (κ2) is 8.01. The summed E-state index contributed by atoms with van der Waals surface area (Å²) < 4.78 is 1.81. The van der Waals surface area contributed by atoms with Gasteiger partial charge in [0, 0.05) is 36.6 Å². The molecule has 33 heavy (non-hydrogen) atoms. The first kappa shape index (κ1) is 19.9. The third-order valence-corrected chi connectivity index (χ3v) is 6.45. The molecule has 0 bridgehead atoms. The summed E-state index contributed by atoms with van der Waals surface area (Å²) in [4.78, 5) is 18.7. The summed E-state index contributed by atoms with van der Waals surface area (Å²) in [7, 11) is 0. The van der Waals surface area contributed by atoms with Gasteiger partial charge in [0.1, 0.15) is 18.0 Å². The molecule has 0 atom stereocenters. The minimum Gasteiger partial charge on any atom is -0.353 e. The van der Waals surface area contributed by atoms with Crippen LogP contribution in [0, 0.1) is 6.92 Å². The fourth-order valence-corrected chi connectivity index (χ4v) is 4.71. The molecule has 6 rings (SSSR count). The molecule has 0 N–H and O–H groups in total. The summed E-state index contributed by atoms with van der Waals surface area (Å²) in [5.74, 6) is 1.95. The van der Waals surface area contributed by atoms with Gasteiger partial charge in [-0.05, 0) is 42.8 Å². The van der Waals surface area contributed by atoms with Crippen molar-refractivity contribution < 1.29 is 0 Å². The van der Waals surface area contributed by atoms with E-state index in [1.165, 1.54) is 10.9 Å². The van der Waals surface area contributed by atoms with Crippen LogP contribution in [0.25, 0.3) is 27.6 Å². The summed E-state index contributed by atoms with van der Waals surface area (Å²) >= 11 is 6.18. The number of piperazine rings is 1. The standard InChI is InChI=1S/C25H22ClN7/c1-17-13-23(30-22-8-3-2-7-20(17)22)31-9-11-32(12-10-31)24-21-15-29-33(25(21)28-16-27-24)19-6-4-5-18(26)14-19/h2-8,13-16H,9-12H2,1H3. The van der Waals surface area contributed by atoms with E-state index in [1.54, 1.807) is 6.33 Å². The second-order valence-electron chi connectivity index (χ2n) is 8.26. The maximum atomic E-state index is 6.18. The Balaban J connectivity index is 1.27. The zero-order valence-electron chi connectivity index (χ0n) is 18.2. The van der Waals surface area contributed by atoms with Crippen molar-refractivity contribution in [1.82, 2.24) is 24.7 Å². The highest BCUT2D eigenvalue weighted by molar-refractivity contribution is 6.30. The van der Waals surface area contributed by atoms with E-state index in [2.05, 4.69) is 56.1 Å². The SMILES string of the molecule is Cc1cc(N2CCN(c3ncnc4c3cnn4-c3cccc(Cl)c3)CC2)nc2ccccc12. The molecule has 8 heteroatoms. The monoisotopic (exact) mass is 455 g/mol. The van der Waals surface area contributed by atoms with Gasteiger partial charge in [-0.2, -0.15) is 5.10 Å². The van der Waals surface area contributed by atoms with Crippen LogP contribution in [-0.4, -0.2) is 50.9 Å². The third kappa shape index (κ3) is 3.54. The van der Waals surface area contributed by atoms with Gasteiger partial charge >= 0.3 is 0 Å². The van der Waals surface area contributed by atoms with Gasteiger partial charge in [0.25, 0.3) is 0 Å². The molecule has 0 amide bonds. The molecule has 1 aliphatic rings. The first-order chi connectivity index (χ1) is 16.2. The number of aromatic nitrogens is 5. The lowest BCUT2D eigenvalue weighted by molar-refractivity contribution is 0.643. The van der Waals surface area contributed by atoms with Crippen LogP contribution in [0.15, 0.2) is 67.1 Å². The second-order valence-corrected chi connectivity index (χ2v) is 8.70. The van der Waals surface area contributed by atoms with Crippen LogP contribution >= 0.6 is 11.6 Å². The number of halogens is 1. The number of hydrogen-bond donors (Lipinski definition) is 0. The number of fused-ring (bicyclic) bond motifs is 2. The van der Waals surface area contributed by atoms with Crippen molar-refractivity contribution in [2.75, 3.05) is 36.0 Å². The Bertz CT molecular complexity index is 1470. The lowest BCUT2D eigenvalue weighted by Gasteiger charge is -2.36. The molecule has 1 fully saturated rings. The van der Waals surface area contributed by atoms with Crippen molar-refractivity contribution >= 4 is 45.2 Å². The molecular weight excluding hydrogens is 434 g/mol. The topological polar surface area (TPSA) is 63.0 Å². The number of anilines is 2. The van der Waals surface area contributed by atoms with Gasteiger partial charge in [-0.15, -0.1) is 0 Å². The quantitative estimate of drug-likeness (QED) is 0.394. The number of nitrogens with zero attached hydrogens (tertiary/aromatic N) is 7. The summed E-state index contributed by atoms with van der Waals surface area (Å²) in [5.41, 5.74) is 3.95. The highest BCUT2D eigenvalue weighted by atomic mass is 35.5. The lowest BCUT2D eigenvalue weighted by Crippen LogP contribution is -2.47. The van der Waals surface area contributed by atoms with Crippen LogP contribution in [0.2, 0.25) is 5.02 Å². The smallest absolute Gasteiger partial charge is 0.168 e. The van der Waals surface area contributed by atoms with Gasteiger partial charge in [-0.3, -0.25) is 0 Å². The van der Waals surface area contributed by atoms with E-state index in [4.69, 9.17) is 16.6 Å². The highest BCUT2D eigenvalue weighted by Crippen LogP contribution is 2.28. The van der Waals surface area contributed by atoms with Crippen molar-refractivity contribution in [1.29, 1.82) is 0 Å². The van der Waals surface area contributed by atoms with E-state index in [-0.39, 0.29) is 0 Å². The zero-order chi connectivity index (χ0) is 22.4. The number of para-hydroxylation sites is 1. The van der Waals surface area contributed by atoms with Gasteiger partial charge in [-0.1, -0.05) is 35.9 Å². The van der Waals surface area contributed by atoms with Gasteiger partial charge in [-0.25, -0.2) is 19.6 Å². The zero-order valence-corrected chi connectivity index (χ0v) is 18.9. The van der Waals surface area contributed by atoms with Crippen LogP contribution in [0.1, 0.15) is 5.56 Å². The molecule has 164 valence electrons. The molecule has 7 nitrogen and oxygen atoms in total. The van der Waals surface area contributed by atoms with E-state index < -0.39 is 0 Å². The molecule has 2 aromatic carbocycles. The van der Waals surface area contributed by atoms with Crippen LogP contribution in [0.4, 0.5) is 11.6 Å². The predicted octanol–water partition coefficient (Wildman–Crippen LogP) is 4.65. The van der Waals surface area contributed by atoms with Gasteiger partial charge < -0.3 is 9.80 Å². The summed E-state index contributed by atoms with van der Waals surface area (Å²) in [6.07, 6.45) is 3.45. The molecule has 1 saturated heterocycles. The van der Waals surface area contributed by atoms with Crippen molar-refractivity contribution in [3.05, 3.63) is 77.7 Å². The summed E-state index contributed by atoms with van der Waals surface area (Å²) in [5, 5.41) is 7.38. The number of aryl methyl sites for hydroxylation is 1. The average Bonchev–Trinajstić information content (AvgIpc) is 3.29. The Morgan fingerprint density at radius 3 is 2.52 bits per heavy atom. The largest absolute Gasteiger partial charge is 0.353 e. The number of rotatable bonds is 3. The van der Waals surface area contributed by atoms with Crippen LogP contribution in [0.3, 0.4) is 0 Å². The molecule has 0 radical (unpaired) electrons. The Hall–Kier alpha value is -3.71. The minimum absolute atomic E-state index is 0.666. The van der Waals surface area contributed by atoms with Gasteiger partial charge in [0.15, 0.2) is 5.65 Å². The number of benzene rings is 2. The average molecular weight is 456 g/mol. The van der Waals surface area contributed by atoms with Crippen molar-refractivity contribution in [3.8, 4) is 5.69 Å². The van der Waals surface area contributed by atoms with E-state index in [0.29, 0.717) is 5.02 Å². The Morgan fingerprint density at radius 1 is 0.848 bits per heavy atom. The molecule has 0 saturated carbocycles. The number of pyridine rings is 1. The normalized spacial score (nSPS) is 14.4. The minimum atomic E-state index is 0.666. The maximum Gasteiger partial charge on any atom is 0.168 e. The van der Waals surface area contributed by atoms with Crippen molar-refractivity contribution in [2.45, 2.75) is 6.92 Å². The fourth-order valence-electron chi connectivity index (χ4n) is 4.52. The molecule has 1 aliphatic heterocycles. The first-order valence-corrected chi connectivity index (χ1v) is 11.4. The maximum absolute atomic E-state index is 6.18. The van der Waals surface area contributed by atoms with Crippen molar-refractivity contribution in [2.24, 2.45) is 0 Å². The lowest BCUT2D eigenvalue weighted by atomic mass is 10.1. The van der Waals surface area contributed by atoms with Gasteiger partial charge in [0.05, 0.1) is 22.8 Å². The Morgan fingerprint density at radius 2 is 1.67 bits per heavy atom. The molecule has 0 spiro atoms. The fraction of sp³-hybridized carbons (Fsp3) is 0.200. The van der Waals surface area contributed by atoms with E-state index >= 15 is 0 Å². The highest BCUT2D eigenvalue weighted by Gasteiger charge is 2.23. The third-order valence-electron chi connectivity index (χ3n) is 6.21. The van der Waals surface area contributed by atoms with Crippen LogP contribution in [-0.2, 0) is 0 Å². The Kier molecular flexibility index (Phi) is 4.84. The van der Waals surface area contributed by atoms with E-state index in [1.807, 2.05) is 41.2 Å². The molecule has 4 heterocycles. The first-order valence-electron chi connectivity index (χ1n) is 11.0. The molecular formula is C25H22ClN7.